The number of aryl methyl sites for hydroxylation is 1. The number of carbonyl (C=O) groups is 1. The highest BCUT2D eigenvalue weighted by atomic mass is 35.5. The minimum absolute atomic E-state index is 0.219. The van der Waals surface area contributed by atoms with E-state index in [9.17, 15) is 4.79 Å². The number of rotatable bonds is 6. The lowest BCUT2D eigenvalue weighted by molar-refractivity contribution is -0.113. The quantitative estimate of drug-likeness (QED) is 0.552. The first-order chi connectivity index (χ1) is 13.5. The molecule has 1 N–H and O–H groups in total. The summed E-state index contributed by atoms with van der Waals surface area (Å²) >= 11 is 11.7. The second-order valence-corrected chi connectivity index (χ2v) is 6.91. The summed E-state index contributed by atoms with van der Waals surface area (Å²) in [6, 6.07) is 11.3. The summed E-state index contributed by atoms with van der Waals surface area (Å²) in [6.45, 7) is 4.41. The fraction of sp³-hybridized carbons (Fsp3) is 0.238. The predicted octanol–water partition coefficient (Wildman–Crippen LogP) is 4.57. The molecule has 146 valence electrons. The van der Waals surface area contributed by atoms with Crippen molar-refractivity contribution in [3.8, 4) is 11.5 Å². The summed E-state index contributed by atoms with van der Waals surface area (Å²) in [4.78, 5) is 14.5. The number of halogens is 1. The number of amides is 1. The van der Waals surface area contributed by atoms with Crippen LogP contribution in [-0.2, 0) is 11.2 Å². The van der Waals surface area contributed by atoms with Crippen molar-refractivity contribution in [1.82, 2.24) is 5.32 Å². The molecular formula is C21H21ClN2O3S. The second-order valence-electron chi connectivity index (χ2n) is 6.12. The van der Waals surface area contributed by atoms with Gasteiger partial charge < -0.3 is 14.8 Å². The van der Waals surface area contributed by atoms with Crippen LogP contribution >= 0.6 is 23.8 Å². The Morgan fingerprint density at radius 1 is 1.25 bits per heavy atom. The van der Waals surface area contributed by atoms with Crippen LogP contribution in [0.5, 0.6) is 11.5 Å². The van der Waals surface area contributed by atoms with E-state index in [0.29, 0.717) is 39.5 Å². The van der Waals surface area contributed by atoms with Crippen molar-refractivity contribution in [3.05, 3.63) is 58.2 Å². The number of nitrogens with one attached hydrogen (secondary N) is 1. The van der Waals surface area contributed by atoms with Gasteiger partial charge in [-0.3, -0.25) is 9.69 Å². The Balaban J connectivity index is 1.95. The number of anilines is 1. The minimum Gasteiger partial charge on any atom is -0.491 e. The highest BCUT2D eigenvalue weighted by Gasteiger charge is 2.32. The van der Waals surface area contributed by atoms with Crippen LogP contribution in [0.2, 0.25) is 5.02 Å². The Morgan fingerprint density at radius 3 is 2.71 bits per heavy atom. The first-order valence-corrected chi connectivity index (χ1v) is 9.73. The molecule has 1 heterocycles. The fourth-order valence-corrected chi connectivity index (χ4v) is 3.58. The molecule has 5 nitrogen and oxygen atoms in total. The Bertz CT molecular complexity index is 959. The molecule has 0 bridgehead atoms. The second kappa shape index (κ2) is 8.63. The molecule has 0 saturated carbocycles. The maximum Gasteiger partial charge on any atom is 0.281 e. The van der Waals surface area contributed by atoms with E-state index in [-0.39, 0.29) is 5.91 Å². The molecule has 1 saturated heterocycles. The lowest BCUT2D eigenvalue weighted by Gasteiger charge is -2.15. The summed E-state index contributed by atoms with van der Waals surface area (Å²) in [5.41, 5.74) is 2.95. The maximum atomic E-state index is 13.0. The molecule has 3 rings (SSSR count). The summed E-state index contributed by atoms with van der Waals surface area (Å²) in [5, 5.41) is 3.74. The van der Waals surface area contributed by atoms with Gasteiger partial charge in [-0.25, -0.2) is 0 Å². The SMILES string of the molecule is CCOc1cc(/C=C2\NC(=S)N(c3cccc(CC)c3)C2=O)cc(Cl)c1OC. The molecule has 7 heteroatoms. The number of ether oxygens (including phenoxy) is 2. The molecule has 0 aliphatic carbocycles. The molecule has 1 amide bonds. The zero-order valence-electron chi connectivity index (χ0n) is 15.9. The molecule has 0 aromatic heterocycles. The van der Waals surface area contributed by atoms with Crippen LogP contribution in [-0.4, -0.2) is 24.7 Å². The van der Waals surface area contributed by atoms with E-state index in [1.807, 2.05) is 31.2 Å². The van der Waals surface area contributed by atoms with E-state index in [4.69, 9.17) is 33.3 Å². The van der Waals surface area contributed by atoms with Gasteiger partial charge in [0, 0.05) is 0 Å². The van der Waals surface area contributed by atoms with Gasteiger partial charge in [0.1, 0.15) is 5.70 Å². The number of thiocarbonyl (C=S) groups is 1. The minimum atomic E-state index is -0.219. The van der Waals surface area contributed by atoms with Crippen molar-refractivity contribution in [3.63, 3.8) is 0 Å². The van der Waals surface area contributed by atoms with E-state index in [1.54, 1.807) is 18.2 Å². The third-order valence-electron chi connectivity index (χ3n) is 4.30. The predicted molar refractivity (Wildman–Crippen MR) is 116 cm³/mol. The van der Waals surface area contributed by atoms with Crippen molar-refractivity contribution in [1.29, 1.82) is 0 Å². The van der Waals surface area contributed by atoms with Gasteiger partial charge in [-0.1, -0.05) is 30.7 Å². The smallest absolute Gasteiger partial charge is 0.281 e. The van der Waals surface area contributed by atoms with Crippen LogP contribution in [0.25, 0.3) is 6.08 Å². The maximum absolute atomic E-state index is 13.0. The normalized spacial score (nSPS) is 15.1. The molecular weight excluding hydrogens is 396 g/mol. The molecule has 2 aromatic carbocycles. The van der Waals surface area contributed by atoms with Crippen molar-refractivity contribution < 1.29 is 14.3 Å². The number of nitrogens with zero attached hydrogens (tertiary/aromatic N) is 1. The number of hydrogen-bond acceptors (Lipinski definition) is 4. The van der Waals surface area contributed by atoms with Gasteiger partial charge in [0.25, 0.3) is 5.91 Å². The Morgan fingerprint density at radius 2 is 2.04 bits per heavy atom. The lowest BCUT2D eigenvalue weighted by atomic mass is 10.1. The van der Waals surface area contributed by atoms with Gasteiger partial charge >= 0.3 is 0 Å². The molecule has 1 aliphatic rings. The summed E-state index contributed by atoms with van der Waals surface area (Å²) < 4.78 is 10.9. The highest BCUT2D eigenvalue weighted by Crippen LogP contribution is 2.37. The largest absolute Gasteiger partial charge is 0.491 e. The molecule has 0 atom stereocenters. The van der Waals surface area contributed by atoms with Crippen LogP contribution < -0.4 is 19.7 Å². The summed E-state index contributed by atoms with van der Waals surface area (Å²) in [6.07, 6.45) is 2.58. The topological polar surface area (TPSA) is 50.8 Å². The molecule has 28 heavy (non-hydrogen) atoms. The highest BCUT2D eigenvalue weighted by molar-refractivity contribution is 7.80. The first-order valence-electron chi connectivity index (χ1n) is 8.94. The van der Waals surface area contributed by atoms with E-state index in [1.165, 1.54) is 12.0 Å². The molecule has 2 aromatic rings. The standard InChI is InChI=1S/C21H21ClN2O3S/c1-4-13-7-6-8-15(9-13)24-20(25)17(23-21(24)28)11-14-10-16(22)19(26-3)18(12-14)27-5-2/h6-12H,4-5H2,1-3H3,(H,23,28)/b17-11-. The van der Waals surface area contributed by atoms with E-state index >= 15 is 0 Å². The van der Waals surface area contributed by atoms with E-state index in [2.05, 4.69) is 12.2 Å². The van der Waals surface area contributed by atoms with Crippen molar-refractivity contribution in [2.75, 3.05) is 18.6 Å². The monoisotopic (exact) mass is 416 g/mol. The average Bonchev–Trinajstić information content (AvgIpc) is 2.95. The molecule has 1 aliphatic heterocycles. The number of carbonyl (C=O) groups excluding carboxylic acids is 1. The van der Waals surface area contributed by atoms with Gasteiger partial charge in [-0.05, 0) is 67.0 Å². The lowest BCUT2D eigenvalue weighted by Crippen LogP contribution is -2.30. The average molecular weight is 417 g/mol. The molecule has 0 unspecified atom stereocenters. The van der Waals surface area contributed by atoms with Crippen LogP contribution in [0.3, 0.4) is 0 Å². The van der Waals surface area contributed by atoms with Crippen molar-refractivity contribution >= 4 is 46.6 Å². The molecule has 0 spiro atoms. The van der Waals surface area contributed by atoms with Gasteiger partial charge in [0.2, 0.25) is 0 Å². The van der Waals surface area contributed by atoms with Crippen LogP contribution in [0.15, 0.2) is 42.1 Å². The number of benzene rings is 2. The Labute approximate surface area is 174 Å². The van der Waals surface area contributed by atoms with E-state index < -0.39 is 0 Å². The zero-order valence-corrected chi connectivity index (χ0v) is 17.5. The third-order valence-corrected chi connectivity index (χ3v) is 4.87. The zero-order chi connectivity index (χ0) is 20.3. The van der Waals surface area contributed by atoms with Crippen LogP contribution in [0, 0.1) is 0 Å². The fourth-order valence-electron chi connectivity index (χ4n) is 2.98. The third kappa shape index (κ3) is 3.98. The van der Waals surface area contributed by atoms with E-state index in [0.717, 1.165) is 17.7 Å². The van der Waals surface area contributed by atoms with Gasteiger partial charge in [-0.15, -0.1) is 0 Å². The van der Waals surface area contributed by atoms with Crippen molar-refractivity contribution in [2.24, 2.45) is 0 Å². The van der Waals surface area contributed by atoms with Crippen LogP contribution in [0.1, 0.15) is 25.0 Å². The Kier molecular flexibility index (Phi) is 6.21. The molecule has 0 radical (unpaired) electrons. The first kappa shape index (κ1) is 20.2. The van der Waals surface area contributed by atoms with Gasteiger partial charge in [0.05, 0.1) is 24.4 Å². The van der Waals surface area contributed by atoms with Gasteiger partial charge in [0.15, 0.2) is 16.6 Å². The summed E-state index contributed by atoms with van der Waals surface area (Å²) in [7, 11) is 1.53. The van der Waals surface area contributed by atoms with Gasteiger partial charge in [-0.2, -0.15) is 0 Å². The summed E-state index contributed by atoms with van der Waals surface area (Å²) in [5.74, 6) is 0.762. The van der Waals surface area contributed by atoms with Crippen molar-refractivity contribution in [2.45, 2.75) is 20.3 Å². The molecule has 1 fully saturated rings. The Hall–Kier alpha value is -2.57. The number of methoxy groups -OCH3 is 1. The van der Waals surface area contributed by atoms with Crippen LogP contribution in [0.4, 0.5) is 5.69 Å². The number of hydrogen-bond donors (Lipinski definition) is 1.